The van der Waals surface area contributed by atoms with E-state index in [9.17, 15) is 18.0 Å². The summed E-state index contributed by atoms with van der Waals surface area (Å²) in [4.78, 5) is 11.2. The molecular weight excluding hydrogens is 263 g/mol. The number of halogens is 4. The van der Waals surface area contributed by atoms with E-state index < -0.39 is 28.7 Å². The number of benzene rings is 1. The Balaban J connectivity index is 3.30. The van der Waals surface area contributed by atoms with Gasteiger partial charge >= 0.3 is 12.3 Å². The number of alkyl halides is 3. The number of carbonyl (C=O) groups excluding carboxylic acids is 1. The van der Waals surface area contributed by atoms with Crippen LogP contribution in [0.15, 0.2) is 12.1 Å². The molecule has 0 aliphatic heterocycles. The Morgan fingerprint density at radius 2 is 2.00 bits per heavy atom. The van der Waals surface area contributed by atoms with Crippen LogP contribution in [0.1, 0.15) is 10.4 Å². The molecule has 17 heavy (non-hydrogen) atoms. The van der Waals surface area contributed by atoms with Crippen molar-refractivity contribution in [1.82, 2.24) is 0 Å². The van der Waals surface area contributed by atoms with Gasteiger partial charge in [-0.1, -0.05) is 11.6 Å². The predicted octanol–water partition coefficient (Wildman–Crippen LogP) is 2.61. The molecule has 0 saturated carbocycles. The van der Waals surface area contributed by atoms with Gasteiger partial charge in [0.1, 0.15) is 5.56 Å². The van der Waals surface area contributed by atoms with Gasteiger partial charge in [0.05, 0.1) is 12.1 Å². The third kappa shape index (κ3) is 3.42. The number of hydrogen-bond donors (Lipinski definition) is 1. The van der Waals surface area contributed by atoms with E-state index in [1.807, 2.05) is 0 Å². The number of hydrogen-bond acceptors (Lipinski definition) is 4. The number of methoxy groups -OCH3 is 1. The van der Waals surface area contributed by atoms with Gasteiger partial charge < -0.3 is 15.2 Å². The summed E-state index contributed by atoms with van der Waals surface area (Å²) in [5.74, 6) is -1.86. The largest absolute Gasteiger partial charge is 0.573 e. The first-order valence-electron chi connectivity index (χ1n) is 4.17. The molecule has 94 valence electrons. The molecule has 8 heteroatoms. The molecule has 1 aromatic carbocycles. The van der Waals surface area contributed by atoms with Crippen LogP contribution >= 0.6 is 11.6 Å². The zero-order valence-corrected chi connectivity index (χ0v) is 9.22. The quantitative estimate of drug-likeness (QED) is 0.662. The topological polar surface area (TPSA) is 61.5 Å². The van der Waals surface area contributed by atoms with Crippen LogP contribution in [0.2, 0.25) is 5.02 Å². The summed E-state index contributed by atoms with van der Waals surface area (Å²) in [6, 6.07) is 2.02. The molecule has 0 spiro atoms. The van der Waals surface area contributed by atoms with Crippen LogP contribution in [-0.4, -0.2) is 19.4 Å². The van der Waals surface area contributed by atoms with E-state index in [0.29, 0.717) is 0 Å². The maximum absolute atomic E-state index is 12.1. The number of nitrogens with two attached hydrogens (primary N) is 1. The molecule has 0 aliphatic carbocycles. The second-order valence-electron chi connectivity index (χ2n) is 2.92. The minimum Gasteiger partial charge on any atom is -0.465 e. The summed E-state index contributed by atoms with van der Waals surface area (Å²) in [7, 11) is 1.01. The summed E-state index contributed by atoms with van der Waals surface area (Å²) in [6.07, 6.45) is -4.97. The third-order valence-electron chi connectivity index (χ3n) is 1.69. The van der Waals surface area contributed by atoms with E-state index in [0.717, 1.165) is 19.2 Å². The molecule has 0 radical (unpaired) electrons. The van der Waals surface area contributed by atoms with Gasteiger partial charge in [-0.25, -0.2) is 4.79 Å². The zero-order chi connectivity index (χ0) is 13.2. The molecule has 0 heterocycles. The number of nitrogen functional groups attached to an aromatic ring is 1. The Morgan fingerprint density at radius 3 is 2.47 bits per heavy atom. The van der Waals surface area contributed by atoms with Crippen molar-refractivity contribution >= 4 is 23.3 Å². The lowest BCUT2D eigenvalue weighted by Crippen LogP contribution is -2.20. The number of rotatable bonds is 2. The fourth-order valence-corrected chi connectivity index (χ4v) is 1.36. The average molecular weight is 270 g/mol. The highest BCUT2D eigenvalue weighted by molar-refractivity contribution is 6.33. The molecule has 1 rings (SSSR count). The van der Waals surface area contributed by atoms with Crippen molar-refractivity contribution < 1.29 is 27.4 Å². The van der Waals surface area contributed by atoms with Crippen LogP contribution in [0.3, 0.4) is 0 Å². The maximum atomic E-state index is 12.1. The van der Waals surface area contributed by atoms with Crippen molar-refractivity contribution in [1.29, 1.82) is 0 Å². The Hall–Kier alpha value is -1.63. The molecule has 0 atom stereocenters. The van der Waals surface area contributed by atoms with Crippen molar-refractivity contribution in [2.75, 3.05) is 12.8 Å². The number of esters is 1. The van der Waals surface area contributed by atoms with E-state index in [1.54, 1.807) is 0 Å². The van der Waals surface area contributed by atoms with Crippen LogP contribution < -0.4 is 10.5 Å². The van der Waals surface area contributed by atoms with Gasteiger partial charge in [-0.2, -0.15) is 0 Å². The standard InChI is InChI=1S/C9H7ClF3NO3/c1-16-8(15)5-2-4(14)3-6(10)7(5)17-9(11,12)13/h2-3H,14H2,1H3. The minimum atomic E-state index is -4.97. The van der Waals surface area contributed by atoms with Gasteiger partial charge in [0.15, 0.2) is 5.75 Å². The molecular formula is C9H7ClF3NO3. The van der Waals surface area contributed by atoms with E-state index >= 15 is 0 Å². The average Bonchev–Trinajstić information content (AvgIpc) is 2.19. The van der Waals surface area contributed by atoms with Crippen molar-refractivity contribution in [3.63, 3.8) is 0 Å². The maximum Gasteiger partial charge on any atom is 0.573 e. The van der Waals surface area contributed by atoms with Crippen LogP contribution in [-0.2, 0) is 4.74 Å². The van der Waals surface area contributed by atoms with Crippen molar-refractivity contribution in [2.45, 2.75) is 6.36 Å². The molecule has 0 amide bonds. The monoisotopic (exact) mass is 269 g/mol. The number of carbonyl (C=O) groups is 1. The second kappa shape index (κ2) is 4.70. The van der Waals surface area contributed by atoms with Crippen LogP contribution in [0.25, 0.3) is 0 Å². The number of ether oxygens (including phenoxy) is 2. The fraction of sp³-hybridized carbons (Fsp3) is 0.222. The van der Waals surface area contributed by atoms with Gasteiger partial charge in [-0.15, -0.1) is 13.2 Å². The van der Waals surface area contributed by atoms with E-state index in [-0.39, 0.29) is 5.69 Å². The van der Waals surface area contributed by atoms with E-state index in [4.69, 9.17) is 17.3 Å². The van der Waals surface area contributed by atoms with Gasteiger partial charge in [0.25, 0.3) is 0 Å². The van der Waals surface area contributed by atoms with Crippen LogP contribution in [0, 0.1) is 0 Å². The highest BCUT2D eigenvalue weighted by atomic mass is 35.5. The molecule has 0 unspecified atom stereocenters. The SMILES string of the molecule is COC(=O)c1cc(N)cc(Cl)c1OC(F)(F)F. The molecule has 4 nitrogen and oxygen atoms in total. The van der Waals surface area contributed by atoms with Crippen LogP contribution in [0.5, 0.6) is 5.75 Å². The Bertz CT molecular complexity index is 448. The highest BCUT2D eigenvalue weighted by Gasteiger charge is 2.34. The second-order valence-corrected chi connectivity index (χ2v) is 3.33. The number of anilines is 1. The smallest absolute Gasteiger partial charge is 0.465 e. The van der Waals surface area contributed by atoms with E-state index in [2.05, 4.69) is 9.47 Å². The molecule has 0 aromatic heterocycles. The minimum absolute atomic E-state index is 0.0184. The summed E-state index contributed by atoms with van der Waals surface area (Å²) >= 11 is 5.53. The van der Waals surface area contributed by atoms with Crippen molar-refractivity contribution in [3.8, 4) is 5.75 Å². The third-order valence-corrected chi connectivity index (χ3v) is 1.97. The predicted molar refractivity (Wildman–Crippen MR) is 53.9 cm³/mol. The summed E-state index contributed by atoms with van der Waals surface area (Å²) in [5, 5.41) is -0.428. The molecule has 0 bridgehead atoms. The van der Waals surface area contributed by atoms with Crippen LogP contribution in [0.4, 0.5) is 18.9 Å². The van der Waals surface area contributed by atoms with Gasteiger partial charge in [0, 0.05) is 5.69 Å². The first-order chi connectivity index (χ1) is 7.74. The first kappa shape index (κ1) is 13.4. The Labute approximate surface area is 99.1 Å². The van der Waals surface area contributed by atoms with Crippen molar-refractivity contribution in [3.05, 3.63) is 22.7 Å². The molecule has 2 N–H and O–H groups in total. The highest BCUT2D eigenvalue weighted by Crippen LogP contribution is 2.35. The van der Waals surface area contributed by atoms with E-state index in [1.165, 1.54) is 0 Å². The Morgan fingerprint density at radius 1 is 1.41 bits per heavy atom. The first-order valence-corrected chi connectivity index (χ1v) is 4.55. The lowest BCUT2D eigenvalue weighted by molar-refractivity contribution is -0.274. The zero-order valence-electron chi connectivity index (χ0n) is 8.47. The van der Waals surface area contributed by atoms with Crippen molar-refractivity contribution in [2.24, 2.45) is 0 Å². The molecule has 1 aromatic rings. The molecule has 0 aliphatic rings. The normalized spacial score (nSPS) is 11.1. The van der Waals surface area contributed by atoms with Gasteiger partial charge in [-0.3, -0.25) is 0 Å². The Kier molecular flexibility index (Phi) is 3.72. The fourth-order valence-electron chi connectivity index (χ4n) is 1.10. The van der Waals surface area contributed by atoms with Gasteiger partial charge in [0.2, 0.25) is 0 Å². The molecule has 0 saturated heterocycles. The summed E-state index contributed by atoms with van der Waals surface area (Å²) < 4.78 is 44.3. The molecule has 0 fully saturated rings. The summed E-state index contributed by atoms with van der Waals surface area (Å²) in [5.41, 5.74) is 4.88. The lowest BCUT2D eigenvalue weighted by Gasteiger charge is -2.14. The van der Waals surface area contributed by atoms with Gasteiger partial charge in [-0.05, 0) is 12.1 Å². The summed E-state index contributed by atoms with van der Waals surface area (Å²) in [6.45, 7) is 0. The lowest BCUT2D eigenvalue weighted by atomic mass is 10.2.